The number of hydrogen-bond acceptors (Lipinski definition) is 2. The molecule has 4 atom stereocenters. The Labute approximate surface area is 120 Å². The van der Waals surface area contributed by atoms with Crippen molar-refractivity contribution < 1.29 is 0 Å². The minimum absolute atomic E-state index is 0.716. The summed E-state index contributed by atoms with van der Waals surface area (Å²) in [6.07, 6.45) is 11.2. The van der Waals surface area contributed by atoms with Gasteiger partial charge in [0.15, 0.2) is 0 Å². The fourth-order valence-electron chi connectivity index (χ4n) is 4.01. The molecule has 0 aromatic heterocycles. The lowest BCUT2D eigenvalue weighted by Gasteiger charge is -2.41. The average Bonchev–Trinajstić information content (AvgIpc) is 2.59. The van der Waals surface area contributed by atoms with Crippen LogP contribution in [0, 0.1) is 11.8 Å². The van der Waals surface area contributed by atoms with Crippen molar-refractivity contribution in [2.75, 3.05) is 0 Å². The van der Waals surface area contributed by atoms with E-state index in [2.05, 4.69) is 38.1 Å². The van der Waals surface area contributed by atoms with Crippen molar-refractivity contribution in [1.82, 2.24) is 10.4 Å². The van der Waals surface area contributed by atoms with Gasteiger partial charge in [0.2, 0.25) is 0 Å². The van der Waals surface area contributed by atoms with Crippen LogP contribution in [0.4, 0.5) is 0 Å². The fraction of sp³-hybridized carbons (Fsp3) is 1.00. The third kappa shape index (κ3) is 4.19. The van der Waals surface area contributed by atoms with Gasteiger partial charge in [-0.1, -0.05) is 33.1 Å². The Bertz CT molecular complexity index is 254. The molecule has 1 N–H and O–H groups in total. The van der Waals surface area contributed by atoms with Gasteiger partial charge in [-0.15, -0.1) is 0 Å². The van der Waals surface area contributed by atoms with Crippen LogP contribution in [0.15, 0.2) is 0 Å². The quantitative estimate of drug-likeness (QED) is 0.764. The van der Waals surface area contributed by atoms with Crippen molar-refractivity contribution in [3.63, 3.8) is 0 Å². The van der Waals surface area contributed by atoms with Crippen LogP contribution < -0.4 is 5.43 Å². The first kappa shape index (κ1) is 15.3. The maximum absolute atomic E-state index is 3.89. The minimum Gasteiger partial charge on any atom is -0.252 e. The number of nitrogens with one attached hydrogen (secondary N) is 1. The van der Waals surface area contributed by atoms with Gasteiger partial charge in [-0.3, -0.25) is 5.43 Å². The molecule has 1 saturated carbocycles. The van der Waals surface area contributed by atoms with E-state index in [4.69, 9.17) is 0 Å². The summed E-state index contributed by atoms with van der Waals surface area (Å²) in [6, 6.07) is 2.16. The predicted octanol–water partition coefficient (Wildman–Crippen LogP) is 4.36. The van der Waals surface area contributed by atoms with Gasteiger partial charge in [-0.05, 0) is 57.8 Å². The summed E-state index contributed by atoms with van der Waals surface area (Å²) < 4.78 is 0. The second-order valence-electron chi connectivity index (χ2n) is 7.37. The number of rotatable bonds is 3. The second kappa shape index (κ2) is 7.08. The monoisotopic (exact) mass is 266 g/mol. The van der Waals surface area contributed by atoms with Crippen LogP contribution in [-0.2, 0) is 0 Å². The van der Waals surface area contributed by atoms with Crippen LogP contribution in [-0.4, -0.2) is 23.1 Å². The van der Waals surface area contributed by atoms with E-state index in [0.717, 1.165) is 17.9 Å². The summed E-state index contributed by atoms with van der Waals surface area (Å²) in [7, 11) is 0. The van der Waals surface area contributed by atoms with Gasteiger partial charge < -0.3 is 0 Å². The van der Waals surface area contributed by atoms with Crippen LogP contribution in [0.3, 0.4) is 0 Å². The minimum atomic E-state index is 0.716. The van der Waals surface area contributed by atoms with Gasteiger partial charge in [-0.25, -0.2) is 5.01 Å². The molecule has 2 fully saturated rings. The third-order valence-corrected chi connectivity index (χ3v) is 5.48. The van der Waals surface area contributed by atoms with Gasteiger partial charge in [0.25, 0.3) is 0 Å². The summed E-state index contributed by atoms with van der Waals surface area (Å²) in [4.78, 5) is 0. The number of hydrogen-bond donors (Lipinski definition) is 1. The van der Waals surface area contributed by atoms with Crippen molar-refractivity contribution in [3.05, 3.63) is 0 Å². The average molecular weight is 266 g/mol. The van der Waals surface area contributed by atoms with E-state index in [1.165, 1.54) is 51.4 Å². The molecule has 112 valence electrons. The van der Waals surface area contributed by atoms with Crippen LogP contribution >= 0.6 is 0 Å². The van der Waals surface area contributed by atoms with Crippen LogP contribution in [0.1, 0.15) is 79.1 Å². The molecule has 1 aliphatic carbocycles. The summed E-state index contributed by atoms with van der Waals surface area (Å²) >= 11 is 0. The van der Waals surface area contributed by atoms with E-state index in [1.54, 1.807) is 0 Å². The Hall–Kier alpha value is -0.0800. The van der Waals surface area contributed by atoms with E-state index >= 15 is 0 Å². The highest BCUT2D eigenvalue weighted by molar-refractivity contribution is 4.81. The zero-order chi connectivity index (χ0) is 13.8. The molecule has 1 aliphatic heterocycles. The highest BCUT2D eigenvalue weighted by atomic mass is 15.5. The lowest BCUT2D eigenvalue weighted by Crippen LogP contribution is -2.55. The van der Waals surface area contributed by atoms with Gasteiger partial charge in [0.1, 0.15) is 0 Å². The predicted molar refractivity (Wildman–Crippen MR) is 83.0 cm³/mol. The summed E-state index contributed by atoms with van der Waals surface area (Å²) in [5.41, 5.74) is 3.89. The third-order valence-electron chi connectivity index (χ3n) is 5.48. The smallest absolute Gasteiger partial charge is 0.0218 e. The summed E-state index contributed by atoms with van der Waals surface area (Å²) in [6.45, 7) is 9.56. The molecule has 2 rings (SSSR count). The van der Waals surface area contributed by atoms with E-state index < -0.39 is 0 Å². The Kier molecular flexibility index (Phi) is 5.70. The molecular weight excluding hydrogens is 232 g/mol. The second-order valence-corrected chi connectivity index (χ2v) is 7.37. The molecule has 2 heteroatoms. The van der Waals surface area contributed by atoms with Crippen molar-refractivity contribution in [2.24, 2.45) is 11.8 Å². The SMILES string of the molecule is CC(C)C1CCCC(NN2C(C)CCCC2C)CC1. The lowest BCUT2D eigenvalue weighted by molar-refractivity contribution is 0.0265. The van der Waals surface area contributed by atoms with Crippen molar-refractivity contribution in [2.45, 2.75) is 97.2 Å². The van der Waals surface area contributed by atoms with Crippen LogP contribution in [0.5, 0.6) is 0 Å². The number of hydrazine groups is 1. The molecule has 0 radical (unpaired) electrons. The lowest BCUT2D eigenvalue weighted by atomic mass is 9.89. The van der Waals surface area contributed by atoms with Gasteiger partial charge in [0, 0.05) is 18.1 Å². The molecule has 2 aliphatic rings. The first-order valence-corrected chi connectivity index (χ1v) is 8.62. The van der Waals surface area contributed by atoms with Crippen molar-refractivity contribution in [3.8, 4) is 0 Å². The zero-order valence-electron chi connectivity index (χ0n) is 13.5. The molecule has 1 saturated heterocycles. The molecular formula is C17H34N2. The first-order valence-electron chi connectivity index (χ1n) is 8.62. The molecule has 0 amide bonds. The molecule has 4 unspecified atom stereocenters. The molecule has 2 nitrogen and oxygen atoms in total. The number of nitrogens with zero attached hydrogens (tertiary/aromatic N) is 1. The van der Waals surface area contributed by atoms with Crippen LogP contribution in [0.2, 0.25) is 0 Å². The Morgan fingerprint density at radius 3 is 2.11 bits per heavy atom. The van der Waals surface area contributed by atoms with E-state index in [9.17, 15) is 0 Å². The van der Waals surface area contributed by atoms with Crippen LogP contribution in [0.25, 0.3) is 0 Å². The van der Waals surface area contributed by atoms with Gasteiger partial charge in [0.05, 0.1) is 0 Å². The maximum Gasteiger partial charge on any atom is 0.0218 e. The highest BCUT2D eigenvalue weighted by Crippen LogP contribution is 2.30. The molecule has 0 aromatic rings. The van der Waals surface area contributed by atoms with Gasteiger partial charge in [-0.2, -0.15) is 0 Å². The van der Waals surface area contributed by atoms with E-state index in [1.807, 2.05) is 0 Å². The molecule has 0 spiro atoms. The molecule has 0 bridgehead atoms. The number of piperidine rings is 1. The Morgan fingerprint density at radius 1 is 0.842 bits per heavy atom. The molecule has 0 aromatic carbocycles. The van der Waals surface area contributed by atoms with Crippen molar-refractivity contribution in [1.29, 1.82) is 0 Å². The van der Waals surface area contributed by atoms with Gasteiger partial charge >= 0.3 is 0 Å². The summed E-state index contributed by atoms with van der Waals surface area (Å²) in [5.74, 6) is 1.83. The Morgan fingerprint density at radius 2 is 1.47 bits per heavy atom. The fourth-order valence-corrected chi connectivity index (χ4v) is 4.01. The Balaban J connectivity index is 1.85. The molecule has 1 heterocycles. The topological polar surface area (TPSA) is 15.3 Å². The zero-order valence-corrected chi connectivity index (χ0v) is 13.5. The normalized spacial score (nSPS) is 38.4. The van der Waals surface area contributed by atoms with Crippen molar-refractivity contribution >= 4 is 0 Å². The highest BCUT2D eigenvalue weighted by Gasteiger charge is 2.28. The standard InChI is InChI=1S/C17H34N2/c1-13(2)16-9-6-10-17(12-11-16)18-19-14(3)7-5-8-15(19)4/h13-18H,5-12H2,1-4H3. The molecule has 19 heavy (non-hydrogen) atoms. The van der Waals surface area contributed by atoms with E-state index in [0.29, 0.717) is 12.1 Å². The summed E-state index contributed by atoms with van der Waals surface area (Å²) in [5, 5.41) is 2.57. The maximum atomic E-state index is 3.89. The first-order chi connectivity index (χ1) is 9.08. The largest absolute Gasteiger partial charge is 0.252 e. The van der Waals surface area contributed by atoms with E-state index in [-0.39, 0.29) is 0 Å².